The van der Waals surface area contributed by atoms with E-state index < -0.39 is 0 Å². The molecule has 2 nitrogen and oxygen atoms in total. The third kappa shape index (κ3) is 3.76. The second-order valence-electron chi connectivity index (χ2n) is 7.57. The lowest BCUT2D eigenvalue weighted by Gasteiger charge is -2.51. The minimum Gasteiger partial charge on any atom is -0.309 e. The highest BCUT2D eigenvalue weighted by atomic mass is 15.3. The Hall–Kier alpha value is -0.0800. The molecule has 2 aliphatic rings. The molecule has 2 rings (SSSR count). The van der Waals surface area contributed by atoms with Crippen molar-refractivity contribution in [3.05, 3.63) is 0 Å². The van der Waals surface area contributed by atoms with Crippen LogP contribution in [0.25, 0.3) is 0 Å². The molecule has 2 fully saturated rings. The van der Waals surface area contributed by atoms with E-state index in [0.717, 1.165) is 18.0 Å². The van der Waals surface area contributed by atoms with Gasteiger partial charge in [0.15, 0.2) is 0 Å². The summed E-state index contributed by atoms with van der Waals surface area (Å²) in [7, 11) is 0. The molecule has 0 bridgehead atoms. The van der Waals surface area contributed by atoms with Gasteiger partial charge in [-0.25, -0.2) is 0 Å². The summed E-state index contributed by atoms with van der Waals surface area (Å²) in [6.45, 7) is 12.0. The van der Waals surface area contributed by atoms with Crippen LogP contribution < -0.4 is 5.32 Å². The van der Waals surface area contributed by atoms with Crippen molar-refractivity contribution in [2.24, 2.45) is 5.92 Å². The number of nitrogens with zero attached hydrogens (tertiary/aromatic N) is 1. The Morgan fingerprint density at radius 3 is 2.35 bits per heavy atom. The van der Waals surface area contributed by atoms with Gasteiger partial charge in [-0.15, -0.1) is 0 Å². The van der Waals surface area contributed by atoms with Gasteiger partial charge in [-0.05, 0) is 32.1 Å². The maximum atomic E-state index is 3.85. The van der Waals surface area contributed by atoms with Crippen LogP contribution in [0.5, 0.6) is 0 Å². The molecule has 1 saturated heterocycles. The summed E-state index contributed by atoms with van der Waals surface area (Å²) in [5, 5.41) is 3.85. The van der Waals surface area contributed by atoms with Gasteiger partial charge in [0.1, 0.15) is 0 Å². The van der Waals surface area contributed by atoms with Crippen molar-refractivity contribution in [1.29, 1.82) is 0 Å². The summed E-state index contributed by atoms with van der Waals surface area (Å²) in [4.78, 5) is 2.92. The molecule has 2 heteroatoms. The molecule has 0 aromatic carbocycles. The first kappa shape index (κ1) is 16.3. The Kier molecular flexibility index (Phi) is 5.92. The smallest absolute Gasteiger partial charge is 0.0278 e. The lowest BCUT2D eigenvalue weighted by molar-refractivity contribution is 0.0149. The number of hydrogen-bond acceptors (Lipinski definition) is 2. The van der Waals surface area contributed by atoms with Crippen LogP contribution in [0.15, 0.2) is 0 Å². The Morgan fingerprint density at radius 1 is 1.15 bits per heavy atom. The molecular formula is C18H36N2. The van der Waals surface area contributed by atoms with Crippen molar-refractivity contribution in [1.82, 2.24) is 10.2 Å². The van der Waals surface area contributed by atoms with Crippen molar-refractivity contribution < 1.29 is 0 Å². The van der Waals surface area contributed by atoms with Crippen LogP contribution in [-0.2, 0) is 0 Å². The number of hydrogen-bond donors (Lipinski definition) is 1. The molecule has 1 aliphatic carbocycles. The normalized spacial score (nSPS) is 35.7. The SMILES string of the molecule is CCC(C)C1CNC(C)(CC)CN1C1CCCCCC1. The van der Waals surface area contributed by atoms with Gasteiger partial charge >= 0.3 is 0 Å². The largest absolute Gasteiger partial charge is 0.309 e. The highest BCUT2D eigenvalue weighted by Gasteiger charge is 2.39. The van der Waals surface area contributed by atoms with Gasteiger partial charge in [0.25, 0.3) is 0 Å². The molecule has 20 heavy (non-hydrogen) atoms. The molecule has 0 aromatic heterocycles. The third-order valence-electron chi connectivity index (χ3n) is 6.07. The van der Waals surface area contributed by atoms with Crippen molar-refractivity contribution in [3.8, 4) is 0 Å². The highest BCUT2D eigenvalue weighted by Crippen LogP contribution is 2.31. The van der Waals surface area contributed by atoms with Crippen LogP contribution in [0.1, 0.15) is 79.1 Å². The minimum atomic E-state index is 0.330. The van der Waals surface area contributed by atoms with E-state index in [1.165, 1.54) is 64.5 Å². The van der Waals surface area contributed by atoms with Crippen LogP contribution in [0.4, 0.5) is 0 Å². The zero-order chi connectivity index (χ0) is 14.6. The maximum absolute atomic E-state index is 3.85. The average molecular weight is 280 g/mol. The fourth-order valence-corrected chi connectivity index (χ4v) is 4.07. The maximum Gasteiger partial charge on any atom is 0.0278 e. The first-order chi connectivity index (χ1) is 9.59. The van der Waals surface area contributed by atoms with E-state index in [1.54, 1.807) is 0 Å². The fraction of sp³-hybridized carbons (Fsp3) is 1.00. The number of piperazine rings is 1. The monoisotopic (exact) mass is 280 g/mol. The van der Waals surface area contributed by atoms with Gasteiger partial charge in [-0.2, -0.15) is 0 Å². The zero-order valence-corrected chi connectivity index (χ0v) is 14.3. The Balaban J connectivity index is 2.11. The van der Waals surface area contributed by atoms with E-state index >= 15 is 0 Å². The van der Waals surface area contributed by atoms with Gasteiger partial charge in [0.2, 0.25) is 0 Å². The van der Waals surface area contributed by atoms with E-state index in [9.17, 15) is 0 Å². The van der Waals surface area contributed by atoms with Crippen molar-refractivity contribution >= 4 is 0 Å². The minimum absolute atomic E-state index is 0.330. The quantitative estimate of drug-likeness (QED) is 0.777. The van der Waals surface area contributed by atoms with E-state index in [1.807, 2.05) is 0 Å². The lowest BCUT2D eigenvalue weighted by Crippen LogP contribution is -2.66. The van der Waals surface area contributed by atoms with Crippen LogP contribution in [0.2, 0.25) is 0 Å². The molecular weight excluding hydrogens is 244 g/mol. The lowest BCUT2D eigenvalue weighted by atomic mass is 9.86. The van der Waals surface area contributed by atoms with Crippen molar-refractivity contribution in [2.75, 3.05) is 13.1 Å². The van der Waals surface area contributed by atoms with Gasteiger partial charge in [0.05, 0.1) is 0 Å². The summed E-state index contributed by atoms with van der Waals surface area (Å²) in [5.74, 6) is 0.812. The predicted molar refractivity (Wildman–Crippen MR) is 88.1 cm³/mol. The Morgan fingerprint density at radius 2 is 1.80 bits per heavy atom. The first-order valence-corrected chi connectivity index (χ1v) is 9.10. The van der Waals surface area contributed by atoms with Crippen LogP contribution in [0, 0.1) is 5.92 Å². The van der Waals surface area contributed by atoms with Crippen molar-refractivity contribution in [3.63, 3.8) is 0 Å². The molecule has 0 aromatic rings. The van der Waals surface area contributed by atoms with Gasteiger partial charge in [-0.1, -0.05) is 52.9 Å². The van der Waals surface area contributed by atoms with E-state index in [-0.39, 0.29) is 0 Å². The van der Waals surface area contributed by atoms with Crippen LogP contribution in [-0.4, -0.2) is 35.6 Å². The van der Waals surface area contributed by atoms with Crippen LogP contribution >= 0.6 is 0 Å². The molecule has 0 amide bonds. The molecule has 0 spiro atoms. The third-order valence-corrected chi connectivity index (χ3v) is 6.07. The summed E-state index contributed by atoms with van der Waals surface area (Å²) >= 11 is 0. The predicted octanol–water partition coefficient (Wildman–Crippen LogP) is 4.20. The molecule has 1 N–H and O–H groups in total. The molecule has 1 aliphatic heterocycles. The highest BCUT2D eigenvalue weighted by molar-refractivity contribution is 4.98. The number of rotatable bonds is 4. The zero-order valence-electron chi connectivity index (χ0n) is 14.3. The summed E-state index contributed by atoms with van der Waals surface area (Å²) in [6.07, 6.45) is 11.2. The summed E-state index contributed by atoms with van der Waals surface area (Å²) in [5.41, 5.74) is 0.330. The summed E-state index contributed by atoms with van der Waals surface area (Å²) in [6, 6.07) is 1.60. The second kappa shape index (κ2) is 7.26. The van der Waals surface area contributed by atoms with E-state index in [4.69, 9.17) is 0 Å². The topological polar surface area (TPSA) is 15.3 Å². The van der Waals surface area contributed by atoms with Gasteiger partial charge < -0.3 is 5.32 Å². The molecule has 3 atom stereocenters. The van der Waals surface area contributed by atoms with Crippen molar-refractivity contribution in [2.45, 2.75) is 96.7 Å². The fourth-order valence-electron chi connectivity index (χ4n) is 4.07. The Labute approximate surface area is 126 Å². The summed E-state index contributed by atoms with van der Waals surface area (Å²) < 4.78 is 0. The molecule has 118 valence electrons. The molecule has 0 radical (unpaired) electrons. The second-order valence-corrected chi connectivity index (χ2v) is 7.57. The number of nitrogens with one attached hydrogen (secondary N) is 1. The molecule has 3 unspecified atom stereocenters. The standard InChI is InChI=1S/C18H36N2/c1-5-15(3)17-13-19-18(4,6-2)14-20(17)16-11-9-7-8-10-12-16/h15-17,19H,5-14H2,1-4H3. The average Bonchev–Trinajstić information content (AvgIpc) is 2.75. The molecule has 1 heterocycles. The van der Waals surface area contributed by atoms with E-state index in [0.29, 0.717) is 5.54 Å². The molecule has 1 saturated carbocycles. The first-order valence-electron chi connectivity index (χ1n) is 9.10. The van der Waals surface area contributed by atoms with Gasteiger partial charge in [-0.3, -0.25) is 4.90 Å². The Bertz CT molecular complexity index is 283. The van der Waals surface area contributed by atoms with E-state index in [2.05, 4.69) is 37.9 Å². The van der Waals surface area contributed by atoms with Crippen LogP contribution in [0.3, 0.4) is 0 Å². The van der Waals surface area contributed by atoms with Gasteiger partial charge in [0, 0.05) is 30.7 Å².